The van der Waals surface area contributed by atoms with E-state index < -0.39 is 5.97 Å². The summed E-state index contributed by atoms with van der Waals surface area (Å²) in [6.45, 7) is 1.83. The fourth-order valence-electron chi connectivity index (χ4n) is 2.82. The molecule has 1 aliphatic rings. The topological polar surface area (TPSA) is 81.4 Å². The minimum atomic E-state index is -0.831. The van der Waals surface area contributed by atoms with Crippen molar-refractivity contribution in [3.63, 3.8) is 0 Å². The average Bonchev–Trinajstić information content (AvgIpc) is 2.75. The van der Waals surface area contributed by atoms with Crippen molar-refractivity contribution in [1.82, 2.24) is 4.90 Å². The molecule has 1 fully saturated rings. The standard InChI is InChI=1S/C14H22N2O3/c1-11(5-8-15)16(2)12(17)9-14(10-13(18)19)6-3-4-7-14/h11H,3-7,9-10H2,1-2H3,(H,18,19). The molecule has 0 aromatic carbocycles. The third-order valence-corrected chi connectivity index (χ3v) is 4.16. The quantitative estimate of drug-likeness (QED) is 0.798. The molecule has 0 aromatic rings. The smallest absolute Gasteiger partial charge is 0.303 e. The Hall–Kier alpha value is -1.57. The van der Waals surface area contributed by atoms with Crippen LogP contribution in [0.1, 0.15) is 51.9 Å². The second-order valence-corrected chi connectivity index (χ2v) is 5.67. The number of carbonyl (C=O) groups is 2. The number of carboxylic acids is 1. The molecule has 0 aliphatic heterocycles. The molecule has 1 N–H and O–H groups in total. The third kappa shape index (κ3) is 4.23. The Morgan fingerprint density at radius 2 is 1.95 bits per heavy atom. The number of aliphatic carboxylic acids is 1. The Bertz CT molecular complexity index is 381. The maximum atomic E-state index is 12.2. The molecule has 1 aliphatic carbocycles. The van der Waals surface area contributed by atoms with Gasteiger partial charge >= 0.3 is 5.97 Å². The maximum absolute atomic E-state index is 12.2. The minimum Gasteiger partial charge on any atom is -0.481 e. The van der Waals surface area contributed by atoms with Gasteiger partial charge in [0.25, 0.3) is 0 Å². The van der Waals surface area contributed by atoms with Crippen LogP contribution in [0.15, 0.2) is 0 Å². The largest absolute Gasteiger partial charge is 0.481 e. The second-order valence-electron chi connectivity index (χ2n) is 5.67. The van der Waals surface area contributed by atoms with Crippen molar-refractivity contribution in [2.75, 3.05) is 7.05 Å². The molecule has 0 spiro atoms. The molecule has 1 saturated carbocycles. The van der Waals surface area contributed by atoms with Gasteiger partial charge in [0.15, 0.2) is 0 Å². The van der Waals surface area contributed by atoms with Crippen LogP contribution >= 0.6 is 0 Å². The summed E-state index contributed by atoms with van der Waals surface area (Å²) in [4.78, 5) is 24.8. The van der Waals surface area contributed by atoms with Gasteiger partial charge in [-0.3, -0.25) is 9.59 Å². The van der Waals surface area contributed by atoms with E-state index in [2.05, 4.69) is 6.07 Å². The Morgan fingerprint density at radius 3 is 2.42 bits per heavy atom. The van der Waals surface area contributed by atoms with Crippen LogP contribution in [0.25, 0.3) is 0 Å². The summed E-state index contributed by atoms with van der Waals surface area (Å²) in [5.74, 6) is -0.881. The van der Waals surface area contributed by atoms with Crippen molar-refractivity contribution in [2.24, 2.45) is 5.41 Å². The van der Waals surface area contributed by atoms with Crippen molar-refractivity contribution < 1.29 is 14.7 Å². The Kier molecular flexibility index (Phi) is 5.34. The van der Waals surface area contributed by atoms with Crippen LogP contribution in [0, 0.1) is 16.7 Å². The lowest BCUT2D eigenvalue weighted by molar-refractivity contribution is -0.141. The first kappa shape index (κ1) is 15.5. The molecular formula is C14H22N2O3. The highest BCUT2D eigenvalue weighted by molar-refractivity contribution is 5.78. The molecule has 106 valence electrons. The number of rotatable bonds is 6. The highest BCUT2D eigenvalue weighted by atomic mass is 16.4. The summed E-state index contributed by atoms with van der Waals surface area (Å²) in [5.41, 5.74) is -0.371. The monoisotopic (exact) mass is 266 g/mol. The third-order valence-electron chi connectivity index (χ3n) is 4.16. The van der Waals surface area contributed by atoms with Gasteiger partial charge < -0.3 is 10.0 Å². The Balaban J connectivity index is 2.67. The maximum Gasteiger partial charge on any atom is 0.303 e. The van der Waals surface area contributed by atoms with E-state index >= 15 is 0 Å². The number of amides is 1. The molecule has 1 rings (SSSR count). The summed E-state index contributed by atoms with van der Waals surface area (Å²) in [6, 6.07) is 1.93. The lowest BCUT2D eigenvalue weighted by Crippen LogP contribution is -2.38. The van der Waals surface area contributed by atoms with E-state index in [1.165, 1.54) is 0 Å². The summed E-state index contributed by atoms with van der Waals surface area (Å²) in [5, 5.41) is 17.7. The zero-order chi connectivity index (χ0) is 14.5. The number of carbonyl (C=O) groups excluding carboxylic acids is 1. The van der Waals surface area contributed by atoms with Crippen LogP contribution < -0.4 is 0 Å². The molecule has 1 amide bonds. The molecule has 0 bridgehead atoms. The van der Waals surface area contributed by atoms with Gasteiger partial charge in [0.05, 0.1) is 18.9 Å². The van der Waals surface area contributed by atoms with Crippen LogP contribution in [0.2, 0.25) is 0 Å². The molecule has 1 unspecified atom stereocenters. The molecule has 0 radical (unpaired) electrons. The lowest BCUT2D eigenvalue weighted by atomic mass is 9.79. The molecule has 0 heterocycles. The first-order valence-electron chi connectivity index (χ1n) is 6.74. The highest BCUT2D eigenvalue weighted by Crippen LogP contribution is 2.44. The molecule has 5 heteroatoms. The van der Waals surface area contributed by atoms with Crippen molar-refractivity contribution in [1.29, 1.82) is 5.26 Å². The first-order valence-corrected chi connectivity index (χ1v) is 6.74. The van der Waals surface area contributed by atoms with Gasteiger partial charge in [0.1, 0.15) is 0 Å². The lowest BCUT2D eigenvalue weighted by Gasteiger charge is -2.31. The van der Waals surface area contributed by atoms with E-state index in [4.69, 9.17) is 10.4 Å². The Labute approximate surface area is 114 Å². The molecule has 0 saturated heterocycles. The SMILES string of the molecule is CC(CC#N)N(C)C(=O)CC1(CC(=O)O)CCCC1. The van der Waals surface area contributed by atoms with Gasteiger partial charge in [0.2, 0.25) is 5.91 Å². The van der Waals surface area contributed by atoms with Crippen LogP contribution in [0.4, 0.5) is 0 Å². The summed E-state index contributed by atoms with van der Waals surface area (Å²) < 4.78 is 0. The van der Waals surface area contributed by atoms with Crippen molar-refractivity contribution in [2.45, 2.75) is 57.9 Å². The molecular weight excluding hydrogens is 244 g/mol. The van der Waals surface area contributed by atoms with Gasteiger partial charge in [0, 0.05) is 19.5 Å². The predicted molar refractivity (Wildman–Crippen MR) is 70.2 cm³/mol. The van der Waals surface area contributed by atoms with Gasteiger partial charge in [-0.2, -0.15) is 5.26 Å². The summed E-state index contributed by atoms with van der Waals surface area (Å²) >= 11 is 0. The number of carboxylic acid groups (broad SMARTS) is 1. The van der Waals surface area contributed by atoms with Gasteiger partial charge in [-0.1, -0.05) is 12.8 Å². The van der Waals surface area contributed by atoms with Crippen LogP contribution in [-0.2, 0) is 9.59 Å². The molecule has 1 atom stereocenters. The van der Waals surface area contributed by atoms with E-state index in [1.807, 2.05) is 6.92 Å². The van der Waals surface area contributed by atoms with E-state index in [-0.39, 0.29) is 30.2 Å². The first-order chi connectivity index (χ1) is 8.90. The van der Waals surface area contributed by atoms with Crippen molar-refractivity contribution in [3.05, 3.63) is 0 Å². The number of hydrogen-bond acceptors (Lipinski definition) is 3. The number of nitriles is 1. The van der Waals surface area contributed by atoms with Gasteiger partial charge in [-0.25, -0.2) is 0 Å². The Morgan fingerprint density at radius 1 is 1.37 bits per heavy atom. The minimum absolute atomic E-state index is 0.0501. The average molecular weight is 266 g/mol. The van der Waals surface area contributed by atoms with E-state index in [0.29, 0.717) is 6.42 Å². The summed E-state index contributed by atoms with van der Waals surface area (Å²) in [6.07, 6.45) is 4.27. The van der Waals surface area contributed by atoms with Crippen LogP contribution in [-0.4, -0.2) is 35.0 Å². The molecule has 19 heavy (non-hydrogen) atoms. The van der Waals surface area contributed by atoms with Crippen LogP contribution in [0.5, 0.6) is 0 Å². The normalized spacial score (nSPS) is 18.6. The molecule has 5 nitrogen and oxygen atoms in total. The second kappa shape index (κ2) is 6.55. The predicted octanol–water partition coefficient (Wildman–Crippen LogP) is 2.17. The number of hydrogen-bond donors (Lipinski definition) is 1. The van der Waals surface area contributed by atoms with Gasteiger partial charge in [-0.15, -0.1) is 0 Å². The van der Waals surface area contributed by atoms with Crippen molar-refractivity contribution in [3.8, 4) is 6.07 Å². The van der Waals surface area contributed by atoms with Gasteiger partial charge in [-0.05, 0) is 25.2 Å². The van der Waals surface area contributed by atoms with Crippen LogP contribution in [0.3, 0.4) is 0 Å². The zero-order valence-electron chi connectivity index (χ0n) is 11.7. The molecule has 0 aromatic heterocycles. The number of nitrogens with zero attached hydrogens (tertiary/aromatic N) is 2. The fraction of sp³-hybridized carbons (Fsp3) is 0.786. The fourth-order valence-corrected chi connectivity index (χ4v) is 2.82. The van der Waals surface area contributed by atoms with Crippen molar-refractivity contribution >= 4 is 11.9 Å². The summed E-state index contributed by atoms with van der Waals surface area (Å²) in [7, 11) is 1.69. The zero-order valence-corrected chi connectivity index (χ0v) is 11.7. The highest BCUT2D eigenvalue weighted by Gasteiger charge is 2.39. The van der Waals surface area contributed by atoms with E-state index in [9.17, 15) is 9.59 Å². The van der Waals surface area contributed by atoms with E-state index in [0.717, 1.165) is 25.7 Å². The van der Waals surface area contributed by atoms with E-state index in [1.54, 1.807) is 11.9 Å².